The summed E-state index contributed by atoms with van der Waals surface area (Å²) in [6.45, 7) is 5.55. The summed E-state index contributed by atoms with van der Waals surface area (Å²) in [7, 11) is 0. The Morgan fingerprint density at radius 3 is 2.24 bits per heavy atom. The highest BCUT2D eigenvalue weighted by Gasteiger charge is 2.07. The summed E-state index contributed by atoms with van der Waals surface area (Å²) < 4.78 is 5.76. The molecule has 0 aromatic heterocycles. The molecule has 0 aliphatic rings. The molecule has 1 N–H and O–H groups in total. The molecule has 1 atom stereocenters. The first-order valence-electron chi connectivity index (χ1n) is 7.01. The van der Waals surface area contributed by atoms with Crippen LogP contribution in [0.5, 0.6) is 5.75 Å². The molecule has 2 nitrogen and oxygen atoms in total. The van der Waals surface area contributed by atoms with Gasteiger partial charge in [0.1, 0.15) is 12.4 Å². The van der Waals surface area contributed by atoms with Crippen LogP contribution < -0.4 is 10.1 Å². The first-order chi connectivity index (χ1) is 10.1. The fourth-order valence-electron chi connectivity index (χ4n) is 2.10. The van der Waals surface area contributed by atoms with Gasteiger partial charge in [0.25, 0.3) is 0 Å². The van der Waals surface area contributed by atoms with E-state index in [9.17, 15) is 0 Å². The van der Waals surface area contributed by atoms with Gasteiger partial charge in [0.15, 0.2) is 0 Å². The molecule has 0 amide bonds. The number of nitrogens with one attached hydrogen (secondary N) is 1. The van der Waals surface area contributed by atoms with Gasteiger partial charge in [-0.1, -0.05) is 48.3 Å². The van der Waals surface area contributed by atoms with E-state index < -0.39 is 0 Å². The smallest absolute Gasteiger partial charge is 0.119 e. The highest BCUT2D eigenvalue weighted by atomic mass is 35.5. The van der Waals surface area contributed by atoms with Gasteiger partial charge in [-0.2, -0.15) is 0 Å². The van der Waals surface area contributed by atoms with Gasteiger partial charge >= 0.3 is 0 Å². The first-order valence-corrected chi connectivity index (χ1v) is 7.76. The van der Waals surface area contributed by atoms with Crippen LogP contribution in [0, 0.1) is 0 Å². The van der Waals surface area contributed by atoms with Gasteiger partial charge in [0, 0.05) is 21.7 Å². The molecule has 2 aromatic carbocycles. The number of halogens is 2. The number of benzene rings is 2. The van der Waals surface area contributed by atoms with E-state index in [0.717, 1.165) is 17.9 Å². The van der Waals surface area contributed by atoms with E-state index in [-0.39, 0.29) is 0 Å². The SMILES string of the molecule is CCNC(C)c1ccc(OCc2c(Cl)cccc2Cl)cc1. The summed E-state index contributed by atoms with van der Waals surface area (Å²) in [6, 6.07) is 13.9. The van der Waals surface area contributed by atoms with E-state index in [1.54, 1.807) is 0 Å². The molecule has 0 bridgehead atoms. The lowest BCUT2D eigenvalue weighted by atomic mass is 10.1. The molecule has 112 valence electrons. The maximum Gasteiger partial charge on any atom is 0.119 e. The maximum atomic E-state index is 6.12. The Kier molecular flexibility index (Phi) is 5.92. The van der Waals surface area contributed by atoms with Gasteiger partial charge < -0.3 is 10.1 Å². The third-order valence-corrected chi connectivity index (χ3v) is 4.04. The van der Waals surface area contributed by atoms with Crippen LogP contribution in [-0.2, 0) is 6.61 Å². The monoisotopic (exact) mass is 323 g/mol. The average molecular weight is 324 g/mol. The highest BCUT2D eigenvalue weighted by molar-refractivity contribution is 6.35. The van der Waals surface area contributed by atoms with Crippen LogP contribution in [0.15, 0.2) is 42.5 Å². The molecule has 21 heavy (non-hydrogen) atoms. The van der Waals surface area contributed by atoms with E-state index in [0.29, 0.717) is 22.7 Å². The summed E-state index contributed by atoms with van der Waals surface area (Å²) >= 11 is 12.2. The minimum absolute atomic E-state index is 0.335. The molecule has 0 saturated carbocycles. The van der Waals surface area contributed by atoms with E-state index in [2.05, 4.69) is 31.3 Å². The average Bonchev–Trinajstić information content (AvgIpc) is 2.47. The topological polar surface area (TPSA) is 21.3 Å². The minimum Gasteiger partial charge on any atom is -0.489 e. The maximum absolute atomic E-state index is 6.12. The quantitative estimate of drug-likeness (QED) is 0.784. The van der Waals surface area contributed by atoms with Gasteiger partial charge in [0.05, 0.1) is 0 Å². The van der Waals surface area contributed by atoms with Gasteiger partial charge in [-0.15, -0.1) is 0 Å². The predicted octanol–water partition coefficient (Wildman–Crippen LogP) is 5.24. The van der Waals surface area contributed by atoms with Crippen LogP contribution in [0.25, 0.3) is 0 Å². The Balaban J connectivity index is 2.01. The third-order valence-electron chi connectivity index (χ3n) is 3.34. The zero-order valence-corrected chi connectivity index (χ0v) is 13.7. The van der Waals surface area contributed by atoms with Crippen LogP contribution in [0.3, 0.4) is 0 Å². The zero-order valence-electron chi connectivity index (χ0n) is 12.2. The second-order valence-corrected chi connectivity index (χ2v) is 5.65. The second-order valence-electron chi connectivity index (χ2n) is 4.84. The predicted molar refractivity (Wildman–Crippen MR) is 89.3 cm³/mol. The van der Waals surface area contributed by atoms with Crippen LogP contribution in [0.2, 0.25) is 10.0 Å². The molecule has 0 aliphatic carbocycles. The zero-order chi connectivity index (χ0) is 15.2. The summed E-state index contributed by atoms with van der Waals surface area (Å²) in [5.41, 5.74) is 2.05. The fourth-order valence-corrected chi connectivity index (χ4v) is 2.61. The van der Waals surface area contributed by atoms with Gasteiger partial charge in [-0.3, -0.25) is 0 Å². The Morgan fingerprint density at radius 1 is 1.05 bits per heavy atom. The Labute approximate surface area is 136 Å². The first kappa shape index (κ1) is 16.2. The van der Waals surface area contributed by atoms with E-state index >= 15 is 0 Å². The number of ether oxygens (including phenoxy) is 1. The molecule has 0 radical (unpaired) electrons. The van der Waals surface area contributed by atoms with E-state index in [1.165, 1.54) is 5.56 Å². The fraction of sp³-hybridized carbons (Fsp3) is 0.294. The van der Waals surface area contributed by atoms with E-state index in [1.807, 2.05) is 30.3 Å². The van der Waals surface area contributed by atoms with Gasteiger partial charge in [-0.05, 0) is 43.3 Å². The molecular formula is C17H19Cl2NO. The third kappa shape index (κ3) is 4.37. The minimum atomic E-state index is 0.335. The summed E-state index contributed by atoms with van der Waals surface area (Å²) in [5.74, 6) is 0.804. The normalized spacial score (nSPS) is 12.2. The van der Waals surface area contributed by atoms with Crippen molar-refractivity contribution in [2.75, 3.05) is 6.54 Å². The van der Waals surface area contributed by atoms with Crippen molar-refractivity contribution in [3.63, 3.8) is 0 Å². The van der Waals surface area contributed by atoms with Crippen LogP contribution >= 0.6 is 23.2 Å². The molecule has 2 aromatic rings. The van der Waals surface area contributed by atoms with Gasteiger partial charge in [0.2, 0.25) is 0 Å². The number of hydrogen-bond donors (Lipinski definition) is 1. The summed E-state index contributed by atoms with van der Waals surface area (Å²) in [6.07, 6.45) is 0. The standard InChI is InChI=1S/C17H19Cl2NO/c1-3-20-12(2)13-7-9-14(10-8-13)21-11-15-16(18)5-4-6-17(15)19/h4-10,12,20H,3,11H2,1-2H3. The van der Waals surface area contributed by atoms with Crippen molar-refractivity contribution in [2.45, 2.75) is 26.5 Å². The largest absolute Gasteiger partial charge is 0.489 e. The van der Waals surface area contributed by atoms with Crippen molar-refractivity contribution >= 4 is 23.2 Å². The van der Waals surface area contributed by atoms with Crippen molar-refractivity contribution in [1.82, 2.24) is 5.32 Å². The van der Waals surface area contributed by atoms with Crippen molar-refractivity contribution < 1.29 is 4.74 Å². The lowest BCUT2D eigenvalue weighted by molar-refractivity contribution is 0.306. The molecule has 0 heterocycles. The van der Waals surface area contributed by atoms with Crippen molar-refractivity contribution in [3.8, 4) is 5.75 Å². The van der Waals surface area contributed by atoms with Crippen molar-refractivity contribution in [2.24, 2.45) is 0 Å². The number of hydrogen-bond acceptors (Lipinski definition) is 2. The molecule has 0 aliphatic heterocycles. The van der Waals surface area contributed by atoms with Crippen LogP contribution in [0.4, 0.5) is 0 Å². The lowest BCUT2D eigenvalue weighted by Crippen LogP contribution is -2.17. The van der Waals surface area contributed by atoms with Crippen molar-refractivity contribution in [3.05, 3.63) is 63.6 Å². The summed E-state index contributed by atoms with van der Waals surface area (Å²) in [4.78, 5) is 0. The molecule has 4 heteroatoms. The Morgan fingerprint density at radius 2 is 1.67 bits per heavy atom. The molecule has 2 rings (SSSR count). The van der Waals surface area contributed by atoms with E-state index in [4.69, 9.17) is 27.9 Å². The Bertz CT molecular complexity index is 564. The van der Waals surface area contributed by atoms with Crippen LogP contribution in [0.1, 0.15) is 31.0 Å². The summed E-state index contributed by atoms with van der Waals surface area (Å²) in [5, 5.41) is 4.63. The highest BCUT2D eigenvalue weighted by Crippen LogP contribution is 2.26. The molecule has 0 saturated heterocycles. The molecular weight excluding hydrogens is 305 g/mol. The van der Waals surface area contributed by atoms with Gasteiger partial charge in [-0.25, -0.2) is 0 Å². The van der Waals surface area contributed by atoms with Crippen molar-refractivity contribution in [1.29, 1.82) is 0 Å². The number of rotatable bonds is 6. The second kappa shape index (κ2) is 7.69. The molecule has 0 fully saturated rings. The van der Waals surface area contributed by atoms with Crippen LogP contribution in [-0.4, -0.2) is 6.54 Å². The molecule has 0 spiro atoms. The lowest BCUT2D eigenvalue weighted by Gasteiger charge is -2.14. The Hall–Kier alpha value is -1.22. The molecule has 1 unspecified atom stereocenters.